The average Bonchev–Trinajstić information content (AvgIpc) is 2.85. The minimum atomic E-state index is -0.682. The number of carboxylic acids is 1. The molecule has 1 atom stereocenters. The van der Waals surface area contributed by atoms with Crippen LogP contribution < -0.4 is 0 Å². The van der Waals surface area contributed by atoms with Gasteiger partial charge in [0.2, 0.25) is 0 Å². The van der Waals surface area contributed by atoms with Gasteiger partial charge in [0.15, 0.2) is 0 Å². The van der Waals surface area contributed by atoms with Gasteiger partial charge in [-0.05, 0) is 45.2 Å². The molecule has 0 aromatic carbocycles. The number of aliphatic hydroxyl groups excluding tert-OH is 1. The summed E-state index contributed by atoms with van der Waals surface area (Å²) in [5.41, 5.74) is -0.563. The Balaban J connectivity index is 1.71. The van der Waals surface area contributed by atoms with Gasteiger partial charge in [-0.25, -0.2) is 0 Å². The molecule has 1 saturated carbocycles. The molecule has 19 heavy (non-hydrogen) atoms. The van der Waals surface area contributed by atoms with Crippen LogP contribution >= 0.6 is 0 Å². The molecule has 1 unspecified atom stereocenters. The van der Waals surface area contributed by atoms with E-state index in [9.17, 15) is 15.0 Å². The number of aliphatic hydroxyl groups is 1. The number of rotatable bonds is 5. The molecule has 0 amide bonds. The Kier molecular flexibility index (Phi) is 4.85. The van der Waals surface area contributed by atoms with E-state index in [1.807, 2.05) is 6.92 Å². The lowest BCUT2D eigenvalue weighted by molar-refractivity contribution is -0.150. The van der Waals surface area contributed by atoms with Gasteiger partial charge in [0.05, 0.1) is 11.5 Å². The van der Waals surface area contributed by atoms with Gasteiger partial charge in [-0.1, -0.05) is 25.7 Å². The normalized spacial score (nSPS) is 26.4. The molecule has 1 aliphatic heterocycles. The van der Waals surface area contributed by atoms with Crippen LogP contribution in [0.2, 0.25) is 0 Å². The number of carbonyl (C=O) groups is 1. The number of likely N-dealkylation sites (tertiary alicyclic amines) is 1. The lowest BCUT2D eigenvalue weighted by Crippen LogP contribution is -2.45. The molecule has 2 aliphatic rings. The summed E-state index contributed by atoms with van der Waals surface area (Å²) in [6, 6.07) is 0. The Morgan fingerprint density at radius 3 is 2.42 bits per heavy atom. The quantitative estimate of drug-likeness (QED) is 0.802. The number of β-amino-alcohol motifs (C(OH)–C–C–N with tert-alkyl or cyclic N) is 1. The van der Waals surface area contributed by atoms with Crippen molar-refractivity contribution < 1.29 is 15.0 Å². The zero-order valence-electron chi connectivity index (χ0n) is 12.0. The van der Waals surface area contributed by atoms with E-state index in [2.05, 4.69) is 4.90 Å². The van der Waals surface area contributed by atoms with Crippen molar-refractivity contribution in [3.63, 3.8) is 0 Å². The Morgan fingerprint density at radius 2 is 1.89 bits per heavy atom. The molecule has 1 heterocycles. The van der Waals surface area contributed by atoms with E-state index in [0.717, 1.165) is 19.5 Å². The lowest BCUT2D eigenvalue weighted by atomic mass is 9.80. The van der Waals surface area contributed by atoms with Crippen LogP contribution in [0.25, 0.3) is 0 Å². The van der Waals surface area contributed by atoms with E-state index in [4.69, 9.17) is 0 Å². The van der Waals surface area contributed by atoms with Crippen LogP contribution in [-0.4, -0.2) is 46.8 Å². The Hall–Kier alpha value is -0.610. The third-order valence-corrected chi connectivity index (χ3v) is 5.03. The molecule has 0 aromatic rings. The summed E-state index contributed by atoms with van der Waals surface area (Å²) in [6.45, 7) is 4.14. The highest BCUT2D eigenvalue weighted by Crippen LogP contribution is 2.32. The zero-order chi connectivity index (χ0) is 13.9. The molecule has 4 heteroatoms. The minimum absolute atomic E-state index is 0.239. The first-order chi connectivity index (χ1) is 8.99. The highest BCUT2D eigenvalue weighted by molar-refractivity contribution is 5.74. The smallest absolute Gasteiger partial charge is 0.309 e. The van der Waals surface area contributed by atoms with Crippen LogP contribution in [0.4, 0.5) is 0 Å². The number of carboxylic acid groups (broad SMARTS) is 1. The maximum Gasteiger partial charge on any atom is 0.309 e. The molecule has 0 radical (unpaired) electrons. The molecule has 2 N–H and O–H groups in total. The SMILES string of the molecule is CC1(C(=O)O)CCN(CC(O)CC2CCCC2)CC1. The number of aliphatic carboxylic acids is 1. The molecular weight excluding hydrogens is 242 g/mol. The second-order valence-electron chi connectivity index (χ2n) is 6.71. The number of piperidine rings is 1. The predicted molar refractivity (Wildman–Crippen MR) is 74.0 cm³/mol. The standard InChI is InChI=1S/C15H27NO3/c1-15(14(18)19)6-8-16(9-7-15)11-13(17)10-12-4-2-3-5-12/h12-13,17H,2-11H2,1H3,(H,18,19). The van der Waals surface area contributed by atoms with Crippen molar-refractivity contribution in [3.05, 3.63) is 0 Å². The maximum absolute atomic E-state index is 11.2. The summed E-state index contributed by atoms with van der Waals surface area (Å²) in [4.78, 5) is 13.4. The van der Waals surface area contributed by atoms with Crippen molar-refractivity contribution >= 4 is 5.97 Å². The summed E-state index contributed by atoms with van der Waals surface area (Å²) in [7, 11) is 0. The van der Waals surface area contributed by atoms with Gasteiger partial charge in [-0.15, -0.1) is 0 Å². The molecule has 110 valence electrons. The van der Waals surface area contributed by atoms with E-state index in [1.165, 1.54) is 25.7 Å². The van der Waals surface area contributed by atoms with Crippen molar-refractivity contribution in [1.82, 2.24) is 4.90 Å². The fraction of sp³-hybridized carbons (Fsp3) is 0.933. The van der Waals surface area contributed by atoms with Gasteiger partial charge >= 0.3 is 5.97 Å². The van der Waals surface area contributed by atoms with Crippen molar-refractivity contribution in [2.45, 2.75) is 58.0 Å². The highest BCUT2D eigenvalue weighted by Gasteiger charge is 2.37. The fourth-order valence-electron chi connectivity index (χ4n) is 3.45. The maximum atomic E-state index is 11.2. The third kappa shape index (κ3) is 3.93. The second kappa shape index (κ2) is 6.23. The van der Waals surface area contributed by atoms with E-state index < -0.39 is 11.4 Å². The number of hydrogen-bond donors (Lipinski definition) is 2. The molecule has 1 saturated heterocycles. The Labute approximate surface area is 115 Å². The van der Waals surface area contributed by atoms with Crippen molar-refractivity contribution in [2.75, 3.05) is 19.6 Å². The molecular formula is C15H27NO3. The monoisotopic (exact) mass is 269 g/mol. The largest absolute Gasteiger partial charge is 0.481 e. The van der Waals surface area contributed by atoms with Crippen LogP contribution in [0.5, 0.6) is 0 Å². The predicted octanol–water partition coefficient (Wildman–Crippen LogP) is 2.11. The third-order valence-electron chi connectivity index (χ3n) is 5.03. The molecule has 2 fully saturated rings. The van der Waals surface area contributed by atoms with Crippen molar-refractivity contribution in [2.24, 2.45) is 11.3 Å². The van der Waals surface area contributed by atoms with Gasteiger partial charge in [0.1, 0.15) is 0 Å². The summed E-state index contributed by atoms with van der Waals surface area (Å²) < 4.78 is 0. The Bertz CT molecular complexity index is 305. The summed E-state index contributed by atoms with van der Waals surface area (Å²) >= 11 is 0. The van der Waals surface area contributed by atoms with Crippen LogP contribution in [0.3, 0.4) is 0 Å². The van der Waals surface area contributed by atoms with Crippen LogP contribution in [0, 0.1) is 11.3 Å². The molecule has 0 spiro atoms. The Morgan fingerprint density at radius 1 is 1.32 bits per heavy atom. The average molecular weight is 269 g/mol. The molecule has 4 nitrogen and oxygen atoms in total. The highest BCUT2D eigenvalue weighted by atomic mass is 16.4. The summed E-state index contributed by atoms with van der Waals surface area (Å²) in [5.74, 6) is 0.0303. The van der Waals surface area contributed by atoms with Crippen LogP contribution in [0.1, 0.15) is 51.9 Å². The summed E-state index contributed by atoms with van der Waals surface area (Å²) in [6.07, 6.45) is 7.25. The zero-order valence-corrected chi connectivity index (χ0v) is 12.0. The number of hydrogen-bond acceptors (Lipinski definition) is 3. The first-order valence-electron chi connectivity index (χ1n) is 7.63. The molecule has 0 aromatic heterocycles. The topological polar surface area (TPSA) is 60.8 Å². The van der Waals surface area contributed by atoms with Gasteiger partial charge in [-0.2, -0.15) is 0 Å². The fourth-order valence-corrected chi connectivity index (χ4v) is 3.45. The van der Waals surface area contributed by atoms with Crippen molar-refractivity contribution in [1.29, 1.82) is 0 Å². The van der Waals surface area contributed by atoms with Gasteiger partial charge in [0, 0.05) is 6.54 Å². The van der Waals surface area contributed by atoms with E-state index in [0.29, 0.717) is 25.3 Å². The van der Waals surface area contributed by atoms with Crippen LogP contribution in [0.15, 0.2) is 0 Å². The van der Waals surface area contributed by atoms with E-state index in [1.54, 1.807) is 0 Å². The van der Waals surface area contributed by atoms with Gasteiger partial charge < -0.3 is 15.1 Å². The first-order valence-corrected chi connectivity index (χ1v) is 7.63. The molecule has 1 aliphatic carbocycles. The summed E-state index contributed by atoms with van der Waals surface area (Å²) in [5, 5.41) is 19.3. The van der Waals surface area contributed by atoms with Gasteiger partial charge in [0.25, 0.3) is 0 Å². The minimum Gasteiger partial charge on any atom is -0.481 e. The second-order valence-corrected chi connectivity index (χ2v) is 6.71. The van der Waals surface area contributed by atoms with E-state index >= 15 is 0 Å². The van der Waals surface area contributed by atoms with Crippen LogP contribution in [-0.2, 0) is 4.79 Å². The van der Waals surface area contributed by atoms with E-state index in [-0.39, 0.29) is 6.10 Å². The lowest BCUT2D eigenvalue weighted by Gasteiger charge is -2.37. The van der Waals surface area contributed by atoms with Crippen molar-refractivity contribution in [3.8, 4) is 0 Å². The molecule has 2 rings (SSSR count). The van der Waals surface area contributed by atoms with Gasteiger partial charge in [-0.3, -0.25) is 4.79 Å². The first kappa shape index (κ1) is 14.8. The number of nitrogens with zero attached hydrogens (tertiary/aromatic N) is 1. The molecule has 0 bridgehead atoms.